The van der Waals surface area contributed by atoms with Gasteiger partial charge >= 0.3 is 5.56 Å². The molecule has 6 heteroatoms. The van der Waals surface area contributed by atoms with Crippen molar-refractivity contribution in [1.29, 1.82) is 0 Å². The number of fused-ring (bicyclic) bond motifs is 1. The van der Waals surface area contributed by atoms with Crippen molar-refractivity contribution in [1.82, 2.24) is 19.2 Å². The van der Waals surface area contributed by atoms with Gasteiger partial charge in [0.1, 0.15) is 0 Å². The van der Waals surface area contributed by atoms with Gasteiger partial charge in [0.05, 0.1) is 0 Å². The van der Waals surface area contributed by atoms with Gasteiger partial charge in [-0.1, -0.05) is 47.7 Å². The molecule has 27 heavy (non-hydrogen) atoms. The molecule has 0 aliphatic rings. The van der Waals surface area contributed by atoms with Gasteiger partial charge < -0.3 is 0 Å². The van der Waals surface area contributed by atoms with E-state index in [2.05, 4.69) is 47.5 Å². The predicted octanol–water partition coefficient (Wildman–Crippen LogP) is 4.10. The molecule has 0 fully saturated rings. The minimum atomic E-state index is -0.169. The highest BCUT2D eigenvalue weighted by Gasteiger charge is 2.12. The molecular formula is C21H20N4OS. The van der Waals surface area contributed by atoms with Crippen LogP contribution in [0.15, 0.2) is 64.8 Å². The van der Waals surface area contributed by atoms with Crippen molar-refractivity contribution in [3.05, 3.63) is 87.5 Å². The molecular weight excluding hydrogens is 356 g/mol. The maximum Gasteiger partial charge on any atom is 0.300 e. The summed E-state index contributed by atoms with van der Waals surface area (Å²) in [4.78, 5) is 12.9. The number of benzene rings is 2. The van der Waals surface area contributed by atoms with E-state index in [1.807, 2.05) is 32.2 Å². The maximum absolute atomic E-state index is 12.9. The Hall–Kier alpha value is -2.86. The third-order valence-corrected chi connectivity index (χ3v) is 5.43. The Balaban J connectivity index is 1.67. The Bertz CT molecular complexity index is 1150. The monoisotopic (exact) mass is 376 g/mol. The van der Waals surface area contributed by atoms with Crippen LogP contribution >= 0.6 is 11.8 Å². The Morgan fingerprint density at radius 2 is 1.59 bits per heavy atom. The van der Waals surface area contributed by atoms with E-state index in [0.717, 1.165) is 27.7 Å². The van der Waals surface area contributed by atoms with E-state index in [4.69, 9.17) is 0 Å². The largest absolute Gasteiger partial charge is 0.300 e. The smallest absolute Gasteiger partial charge is 0.280 e. The van der Waals surface area contributed by atoms with Crippen molar-refractivity contribution < 1.29 is 0 Å². The molecule has 0 aliphatic heterocycles. The standard InChI is InChI=1S/C21H20N4OS/c1-14-4-6-17(7-5-14)13-27-21-23-22-19-20(26)24(8-9-25(19)21)18-11-15(2)10-16(3)12-18/h4-12H,13H2,1-3H3. The molecule has 4 rings (SSSR count). The molecule has 0 aliphatic carbocycles. The highest BCUT2D eigenvalue weighted by molar-refractivity contribution is 7.98. The van der Waals surface area contributed by atoms with Crippen LogP contribution in [0.1, 0.15) is 22.3 Å². The van der Waals surface area contributed by atoms with E-state index >= 15 is 0 Å². The molecule has 4 aromatic rings. The molecule has 5 nitrogen and oxygen atoms in total. The van der Waals surface area contributed by atoms with Crippen molar-refractivity contribution in [2.45, 2.75) is 31.7 Å². The Labute approximate surface area is 161 Å². The summed E-state index contributed by atoms with van der Waals surface area (Å²) in [7, 11) is 0. The third-order valence-electron chi connectivity index (χ3n) is 4.41. The van der Waals surface area contributed by atoms with Crippen LogP contribution in [0.3, 0.4) is 0 Å². The van der Waals surface area contributed by atoms with Crippen LogP contribution in [0.2, 0.25) is 0 Å². The first-order valence-electron chi connectivity index (χ1n) is 8.75. The van der Waals surface area contributed by atoms with Crippen molar-refractivity contribution in [3.8, 4) is 5.69 Å². The van der Waals surface area contributed by atoms with Crippen LogP contribution in [0.5, 0.6) is 0 Å². The van der Waals surface area contributed by atoms with Gasteiger partial charge in [0, 0.05) is 23.8 Å². The SMILES string of the molecule is Cc1ccc(CSc2nnc3c(=O)n(-c4cc(C)cc(C)c4)ccn23)cc1. The molecule has 0 radical (unpaired) electrons. The van der Waals surface area contributed by atoms with E-state index in [-0.39, 0.29) is 5.56 Å². The van der Waals surface area contributed by atoms with E-state index < -0.39 is 0 Å². The Kier molecular flexibility index (Phi) is 4.58. The van der Waals surface area contributed by atoms with E-state index in [9.17, 15) is 4.79 Å². The zero-order chi connectivity index (χ0) is 19.0. The molecule has 0 spiro atoms. The summed E-state index contributed by atoms with van der Waals surface area (Å²) in [6, 6.07) is 14.5. The normalized spacial score (nSPS) is 11.2. The molecule has 0 unspecified atom stereocenters. The molecule has 0 saturated heterocycles. The Morgan fingerprint density at radius 1 is 0.889 bits per heavy atom. The quantitative estimate of drug-likeness (QED) is 0.503. The lowest BCUT2D eigenvalue weighted by molar-refractivity contribution is 0.892. The highest BCUT2D eigenvalue weighted by Crippen LogP contribution is 2.21. The molecule has 0 saturated carbocycles. The van der Waals surface area contributed by atoms with Gasteiger partial charge in [-0.3, -0.25) is 13.8 Å². The number of rotatable bonds is 4. The summed E-state index contributed by atoms with van der Waals surface area (Å²) in [5.74, 6) is 0.779. The first kappa shape index (κ1) is 17.5. The average molecular weight is 376 g/mol. The van der Waals surface area contributed by atoms with Gasteiger partial charge in [0.15, 0.2) is 5.16 Å². The van der Waals surface area contributed by atoms with E-state index in [0.29, 0.717) is 5.65 Å². The summed E-state index contributed by atoms with van der Waals surface area (Å²) in [5, 5.41) is 9.07. The molecule has 2 aromatic carbocycles. The number of hydrogen-bond acceptors (Lipinski definition) is 4. The molecule has 0 N–H and O–H groups in total. The number of nitrogens with zero attached hydrogens (tertiary/aromatic N) is 4. The first-order chi connectivity index (χ1) is 13.0. The molecule has 2 aromatic heterocycles. The summed E-state index contributed by atoms with van der Waals surface area (Å²) in [5.41, 5.74) is 5.70. The van der Waals surface area contributed by atoms with E-state index in [1.165, 1.54) is 11.1 Å². The van der Waals surface area contributed by atoms with Crippen LogP contribution in [0.25, 0.3) is 11.3 Å². The lowest BCUT2D eigenvalue weighted by Gasteiger charge is -2.08. The van der Waals surface area contributed by atoms with Crippen LogP contribution in [-0.4, -0.2) is 19.2 Å². The minimum Gasteiger partial charge on any atom is -0.280 e. The lowest BCUT2D eigenvalue weighted by Crippen LogP contribution is -2.20. The lowest BCUT2D eigenvalue weighted by atomic mass is 10.1. The minimum absolute atomic E-state index is 0.169. The number of thioether (sulfide) groups is 1. The highest BCUT2D eigenvalue weighted by atomic mass is 32.2. The van der Waals surface area contributed by atoms with Crippen molar-refractivity contribution in [2.75, 3.05) is 0 Å². The van der Waals surface area contributed by atoms with Gasteiger partial charge in [-0.05, 0) is 49.6 Å². The second-order valence-corrected chi connectivity index (χ2v) is 7.71. The van der Waals surface area contributed by atoms with Gasteiger partial charge in [-0.15, -0.1) is 10.2 Å². The van der Waals surface area contributed by atoms with Crippen LogP contribution in [0, 0.1) is 20.8 Å². The maximum atomic E-state index is 12.9. The van der Waals surface area contributed by atoms with Crippen LogP contribution in [0.4, 0.5) is 0 Å². The third kappa shape index (κ3) is 3.53. The number of hydrogen-bond donors (Lipinski definition) is 0. The van der Waals surface area contributed by atoms with Crippen molar-refractivity contribution >= 4 is 17.4 Å². The fraction of sp³-hybridized carbons (Fsp3) is 0.190. The first-order valence-corrected chi connectivity index (χ1v) is 9.73. The van der Waals surface area contributed by atoms with Gasteiger partial charge in [0.2, 0.25) is 5.65 Å². The van der Waals surface area contributed by atoms with Crippen molar-refractivity contribution in [2.24, 2.45) is 0 Å². The second kappa shape index (κ2) is 7.04. The fourth-order valence-electron chi connectivity index (χ4n) is 3.09. The van der Waals surface area contributed by atoms with Gasteiger partial charge in [-0.2, -0.15) is 0 Å². The molecule has 2 heterocycles. The number of aromatic nitrogens is 4. The summed E-state index contributed by atoms with van der Waals surface area (Å²) < 4.78 is 3.39. The molecule has 136 valence electrons. The van der Waals surface area contributed by atoms with Gasteiger partial charge in [-0.25, -0.2) is 0 Å². The van der Waals surface area contributed by atoms with Crippen LogP contribution < -0.4 is 5.56 Å². The predicted molar refractivity (Wildman–Crippen MR) is 109 cm³/mol. The van der Waals surface area contributed by atoms with Gasteiger partial charge in [0.25, 0.3) is 0 Å². The molecule has 0 bridgehead atoms. The Morgan fingerprint density at radius 3 is 2.30 bits per heavy atom. The zero-order valence-corrected chi connectivity index (χ0v) is 16.3. The topological polar surface area (TPSA) is 52.2 Å². The number of aryl methyl sites for hydroxylation is 3. The summed E-state index contributed by atoms with van der Waals surface area (Å²) in [6.45, 7) is 6.12. The second-order valence-electron chi connectivity index (χ2n) is 6.77. The van der Waals surface area contributed by atoms with Crippen molar-refractivity contribution in [3.63, 3.8) is 0 Å². The van der Waals surface area contributed by atoms with E-state index in [1.54, 1.807) is 26.9 Å². The zero-order valence-electron chi connectivity index (χ0n) is 15.5. The summed E-state index contributed by atoms with van der Waals surface area (Å²) >= 11 is 1.57. The average Bonchev–Trinajstić information content (AvgIpc) is 3.05. The molecule has 0 amide bonds. The summed E-state index contributed by atoms with van der Waals surface area (Å²) in [6.07, 6.45) is 3.63. The van der Waals surface area contributed by atoms with Crippen LogP contribution in [-0.2, 0) is 5.75 Å². The fourth-order valence-corrected chi connectivity index (χ4v) is 3.96. The molecule has 0 atom stereocenters.